The van der Waals surface area contributed by atoms with Gasteiger partial charge in [-0.05, 0) is 43.0 Å². The van der Waals surface area contributed by atoms with Gasteiger partial charge in [0.25, 0.3) is 0 Å². The molecule has 0 radical (unpaired) electrons. The second-order valence-electron chi connectivity index (χ2n) is 9.35. The van der Waals surface area contributed by atoms with Crippen molar-refractivity contribution in [1.29, 1.82) is 0 Å². The molecule has 0 spiro atoms. The summed E-state index contributed by atoms with van der Waals surface area (Å²) >= 11 is 18.3. The van der Waals surface area contributed by atoms with Gasteiger partial charge in [0.15, 0.2) is 0 Å². The van der Waals surface area contributed by atoms with Gasteiger partial charge in [-0.1, -0.05) is 40.9 Å². The number of pyridine rings is 1. The van der Waals surface area contributed by atoms with E-state index in [2.05, 4.69) is 4.98 Å². The molecule has 8 nitrogen and oxygen atoms in total. The maximum absolute atomic E-state index is 13.5. The van der Waals surface area contributed by atoms with Crippen LogP contribution in [0.15, 0.2) is 36.5 Å². The highest BCUT2D eigenvalue weighted by atomic mass is 35.5. The van der Waals surface area contributed by atoms with E-state index in [1.807, 2.05) is 24.0 Å². The Morgan fingerprint density at radius 2 is 1.83 bits per heavy atom. The average molecular weight is 576 g/mol. The molecule has 1 aromatic heterocycles. The number of ether oxygens (including phenoxy) is 1. The lowest BCUT2D eigenvalue weighted by molar-refractivity contribution is 0.122. The third-order valence-corrected chi connectivity index (χ3v) is 9.14. The lowest BCUT2D eigenvalue weighted by atomic mass is 9.87. The highest BCUT2D eigenvalue weighted by Gasteiger charge is 2.40. The number of sulfonamides is 1. The molecule has 196 valence electrons. The van der Waals surface area contributed by atoms with Gasteiger partial charge in [-0.25, -0.2) is 18.2 Å². The minimum absolute atomic E-state index is 0.0558. The lowest BCUT2D eigenvalue weighted by Gasteiger charge is -2.39. The van der Waals surface area contributed by atoms with Gasteiger partial charge in [-0.3, -0.25) is 0 Å². The second kappa shape index (κ2) is 11.3. The Kier molecular flexibility index (Phi) is 8.56. The molecule has 2 aromatic rings. The summed E-state index contributed by atoms with van der Waals surface area (Å²) in [5, 5.41) is 1.50. The number of piperazine rings is 1. The van der Waals surface area contributed by atoms with E-state index >= 15 is 0 Å². The molecule has 12 heteroatoms. The molecule has 1 aromatic carbocycles. The molecule has 3 atom stereocenters. The number of benzene rings is 1. The van der Waals surface area contributed by atoms with Crippen molar-refractivity contribution in [2.45, 2.75) is 25.3 Å². The third-order valence-electron chi connectivity index (χ3n) is 6.79. The Labute approximate surface area is 227 Å². The van der Waals surface area contributed by atoms with Crippen molar-refractivity contribution in [1.82, 2.24) is 19.1 Å². The van der Waals surface area contributed by atoms with Gasteiger partial charge in [0.05, 0.1) is 27.9 Å². The minimum Gasteiger partial charge on any atom is -0.478 e. The Bertz CT molecular complexity index is 1200. The topological polar surface area (TPSA) is 83.1 Å². The monoisotopic (exact) mass is 574 g/mol. The summed E-state index contributed by atoms with van der Waals surface area (Å²) in [5.74, 6) is 0.683. The molecule has 0 saturated carbocycles. The van der Waals surface area contributed by atoms with Crippen LogP contribution < -0.4 is 4.74 Å². The van der Waals surface area contributed by atoms with Gasteiger partial charge in [0, 0.05) is 56.9 Å². The molecule has 2 saturated heterocycles. The summed E-state index contributed by atoms with van der Waals surface area (Å²) in [7, 11) is -3.31. The highest BCUT2D eigenvalue weighted by Crippen LogP contribution is 2.38. The van der Waals surface area contributed by atoms with E-state index in [9.17, 15) is 13.2 Å². The first-order chi connectivity index (χ1) is 17.0. The summed E-state index contributed by atoms with van der Waals surface area (Å²) in [6.45, 7) is 4.36. The molecule has 3 heterocycles. The first kappa shape index (κ1) is 27.3. The average Bonchev–Trinajstić information content (AvgIpc) is 3.25. The number of nitrogens with zero attached hydrogens (tertiary/aromatic N) is 4. The number of hydrogen-bond acceptors (Lipinski definition) is 5. The normalized spacial score (nSPS) is 23.2. The van der Waals surface area contributed by atoms with E-state index in [1.165, 1.54) is 16.8 Å². The predicted molar refractivity (Wildman–Crippen MR) is 142 cm³/mol. The fourth-order valence-electron chi connectivity index (χ4n) is 5.01. The van der Waals surface area contributed by atoms with Gasteiger partial charge >= 0.3 is 6.03 Å². The number of carbonyl (C=O) groups excluding carboxylic acids is 1. The minimum atomic E-state index is -3.31. The molecule has 2 aliphatic heterocycles. The number of carbonyl (C=O) groups is 1. The van der Waals surface area contributed by atoms with Crippen molar-refractivity contribution in [2.75, 3.05) is 45.6 Å². The van der Waals surface area contributed by atoms with Crippen LogP contribution in [0.4, 0.5) is 4.79 Å². The van der Waals surface area contributed by atoms with Crippen LogP contribution in [-0.4, -0.2) is 85.2 Å². The quantitative estimate of drug-likeness (QED) is 0.502. The molecule has 0 aliphatic carbocycles. The van der Waals surface area contributed by atoms with Gasteiger partial charge in [0.1, 0.15) is 0 Å². The van der Waals surface area contributed by atoms with Gasteiger partial charge < -0.3 is 14.5 Å². The SMILES string of the molecule is C[C@@H]1CN(C(=O)N2C[C@@H](CCOc3ccc(Cl)cn3)[C@@H](c3ccc(Cl)c(Cl)c3)C2)CCN1S(C)(=O)=O. The zero-order valence-corrected chi connectivity index (χ0v) is 23.2. The van der Waals surface area contributed by atoms with Crippen LogP contribution in [0, 0.1) is 5.92 Å². The predicted octanol–water partition coefficient (Wildman–Crippen LogP) is 4.61. The van der Waals surface area contributed by atoms with Crippen molar-refractivity contribution in [2.24, 2.45) is 5.92 Å². The van der Waals surface area contributed by atoms with E-state index < -0.39 is 10.0 Å². The van der Waals surface area contributed by atoms with E-state index in [0.717, 1.165) is 5.56 Å². The smallest absolute Gasteiger partial charge is 0.320 e. The van der Waals surface area contributed by atoms with Gasteiger partial charge in [-0.15, -0.1) is 0 Å². The van der Waals surface area contributed by atoms with E-state index in [1.54, 1.807) is 23.1 Å². The molecule has 36 heavy (non-hydrogen) atoms. The molecular weight excluding hydrogens is 547 g/mol. The standard InChI is InChI=1S/C24H29Cl3N4O4S/c1-16-13-29(8-9-31(16)36(2,33)34)24(32)30-14-18(7-10-35-23-6-4-19(25)12-28-23)20(15-30)17-3-5-21(26)22(27)11-17/h3-6,11-12,16,18,20H,7-10,13-15H2,1-2H3/t16-,18-,20-/m1/s1. The van der Waals surface area contributed by atoms with Crippen molar-refractivity contribution < 1.29 is 17.9 Å². The summed E-state index contributed by atoms with van der Waals surface area (Å²) in [6, 6.07) is 8.69. The maximum Gasteiger partial charge on any atom is 0.320 e. The van der Waals surface area contributed by atoms with E-state index in [0.29, 0.717) is 66.7 Å². The number of hydrogen-bond donors (Lipinski definition) is 0. The summed E-state index contributed by atoms with van der Waals surface area (Å²) < 4.78 is 31.3. The van der Waals surface area contributed by atoms with Crippen molar-refractivity contribution in [3.63, 3.8) is 0 Å². The van der Waals surface area contributed by atoms with Crippen LogP contribution >= 0.6 is 34.8 Å². The molecule has 2 amide bonds. The largest absolute Gasteiger partial charge is 0.478 e. The Morgan fingerprint density at radius 3 is 2.47 bits per heavy atom. The van der Waals surface area contributed by atoms with Gasteiger partial charge in [0.2, 0.25) is 15.9 Å². The molecule has 4 rings (SSSR count). The first-order valence-electron chi connectivity index (χ1n) is 11.7. The lowest BCUT2D eigenvalue weighted by Crippen LogP contribution is -2.57. The van der Waals surface area contributed by atoms with Gasteiger partial charge in [-0.2, -0.15) is 4.31 Å². The Hall–Kier alpha value is -1.78. The molecular formula is C24H29Cl3N4O4S. The number of likely N-dealkylation sites (tertiary alicyclic amines) is 1. The summed E-state index contributed by atoms with van der Waals surface area (Å²) in [5.41, 5.74) is 1.02. The number of amides is 2. The van der Waals surface area contributed by atoms with Crippen LogP contribution in [0.25, 0.3) is 0 Å². The molecule has 0 N–H and O–H groups in total. The van der Waals surface area contributed by atoms with Crippen LogP contribution in [0.1, 0.15) is 24.8 Å². The van der Waals surface area contributed by atoms with E-state index in [-0.39, 0.29) is 23.9 Å². The number of urea groups is 1. The molecule has 0 unspecified atom stereocenters. The molecule has 2 aliphatic rings. The highest BCUT2D eigenvalue weighted by molar-refractivity contribution is 7.88. The maximum atomic E-state index is 13.5. The zero-order chi connectivity index (χ0) is 26.0. The Balaban J connectivity index is 1.46. The zero-order valence-electron chi connectivity index (χ0n) is 20.1. The number of halogens is 3. The molecule has 0 bridgehead atoms. The van der Waals surface area contributed by atoms with Crippen molar-refractivity contribution in [3.05, 3.63) is 57.2 Å². The summed E-state index contributed by atoms with van der Waals surface area (Å²) in [6.07, 6.45) is 3.45. The van der Waals surface area contributed by atoms with Crippen molar-refractivity contribution in [3.8, 4) is 5.88 Å². The van der Waals surface area contributed by atoms with E-state index in [4.69, 9.17) is 39.5 Å². The van der Waals surface area contributed by atoms with Crippen molar-refractivity contribution >= 4 is 50.9 Å². The van der Waals surface area contributed by atoms with Crippen LogP contribution in [-0.2, 0) is 10.0 Å². The van der Waals surface area contributed by atoms with Crippen LogP contribution in [0.5, 0.6) is 5.88 Å². The fourth-order valence-corrected chi connectivity index (χ4v) is 6.56. The fraction of sp³-hybridized carbons (Fsp3) is 0.500. The number of aromatic nitrogens is 1. The third kappa shape index (κ3) is 6.37. The summed E-state index contributed by atoms with van der Waals surface area (Å²) in [4.78, 5) is 21.2. The first-order valence-corrected chi connectivity index (χ1v) is 14.7. The Morgan fingerprint density at radius 1 is 1.06 bits per heavy atom. The molecule has 2 fully saturated rings. The second-order valence-corrected chi connectivity index (χ2v) is 12.5. The number of rotatable bonds is 6. The van der Waals surface area contributed by atoms with Crippen LogP contribution in [0.2, 0.25) is 15.1 Å². The van der Waals surface area contributed by atoms with Crippen LogP contribution in [0.3, 0.4) is 0 Å².